The molecular weight excluding hydrogens is 298 g/mol. The van der Waals surface area contributed by atoms with Crippen molar-refractivity contribution in [3.8, 4) is 0 Å². The van der Waals surface area contributed by atoms with Gasteiger partial charge in [-0.05, 0) is 36.5 Å². The van der Waals surface area contributed by atoms with Crippen LogP contribution in [0.15, 0.2) is 18.2 Å². The summed E-state index contributed by atoms with van der Waals surface area (Å²) in [5.74, 6) is 0.146. The summed E-state index contributed by atoms with van der Waals surface area (Å²) in [4.78, 5) is 0. The largest absolute Gasteiger partial charge is 0.416 e. The van der Waals surface area contributed by atoms with Crippen molar-refractivity contribution in [1.29, 1.82) is 0 Å². The normalized spacial score (nSPS) is 18.2. The van der Waals surface area contributed by atoms with Gasteiger partial charge in [-0.2, -0.15) is 13.2 Å². The van der Waals surface area contributed by atoms with E-state index >= 15 is 0 Å². The van der Waals surface area contributed by atoms with Gasteiger partial charge in [-0.1, -0.05) is 30.5 Å². The molecule has 1 aromatic carbocycles. The van der Waals surface area contributed by atoms with E-state index in [1.54, 1.807) is 0 Å². The van der Waals surface area contributed by atoms with Gasteiger partial charge >= 0.3 is 6.18 Å². The van der Waals surface area contributed by atoms with Gasteiger partial charge in [0.05, 0.1) is 5.56 Å². The zero-order valence-electron chi connectivity index (χ0n) is 10.2. The van der Waals surface area contributed by atoms with Crippen LogP contribution in [0, 0.1) is 5.92 Å². The molecule has 0 aromatic heterocycles. The van der Waals surface area contributed by atoms with Crippen molar-refractivity contribution in [3.05, 3.63) is 34.3 Å². The van der Waals surface area contributed by atoms with Crippen LogP contribution >= 0.6 is 24.0 Å². The van der Waals surface area contributed by atoms with Crippen molar-refractivity contribution < 1.29 is 13.2 Å². The molecule has 1 aliphatic rings. The topological polar surface area (TPSA) is 26.0 Å². The van der Waals surface area contributed by atoms with Crippen LogP contribution < -0.4 is 5.73 Å². The molecule has 1 fully saturated rings. The molecule has 0 amide bonds. The van der Waals surface area contributed by atoms with E-state index in [4.69, 9.17) is 17.3 Å². The quantitative estimate of drug-likeness (QED) is 0.819. The number of hydrogen-bond acceptors (Lipinski definition) is 1. The molecule has 1 nitrogen and oxygen atoms in total. The van der Waals surface area contributed by atoms with Crippen LogP contribution in [0.2, 0.25) is 5.02 Å². The van der Waals surface area contributed by atoms with Crippen molar-refractivity contribution in [2.24, 2.45) is 11.7 Å². The van der Waals surface area contributed by atoms with Crippen molar-refractivity contribution >= 4 is 24.0 Å². The molecule has 0 heterocycles. The Hall–Kier alpha value is -0.450. The molecule has 1 atom stereocenters. The Morgan fingerprint density at radius 1 is 1.21 bits per heavy atom. The van der Waals surface area contributed by atoms with E-state index in [1.165, 1.54) is 12.1 Å². The van der Waals surface area contributed by atoms with Crippen LogP contribution in [0.3, 0.4) is 0 Å². The number of benzene rings is 1. The predicted molar refractivity (Wildman–Crippen MR) is 72.6 cm³/mol. The molecule has 0 saturated heterocycles. The Balaban J connectivity index is 0.00000180. The Morgan fingerprint density at radius 3 is 2.32 bits per heavy atom. The highest BCUT2D eigenvalue weighted by Crippen LogP contribution is 2.40. The summed E-state index contributed by atoms with van der Waals surface area (Å²) < 4.78 is 38.9. The first-order valence-corrected chi connectivity index (χ1v) is 6.39. The average Bonchev–Trinajstić information content (AvgIpc) is 2.80. The Labute approximate surface area is 121 Å². The number of alkyl halides is 3. The molecule has 2 rings (SSSR count). The van der Waals surface area contributed by atoms with Crippen LogP contribution in [0.1, 0.15) is 42.9 Å². The molecule has 108 valence electrons. The molecule has 1 aliphatic carbocycles. The zero-order chi connectivity index (χ0) is 13.3. The van der Waals surface area contributed by atoms with Gasteiger partial charge in [-0.15, -0.1) is 12.4 Å². The monoisotopic (exact) mass is 313 g/mol. The maximum Gasteiger partial charge on any atom is 0.416 e. The van der Waals surface area contributed by atoms with Crippen LogP contribution in [0.5, 0.6) is 0 Å². The maximum absolute atomic E-state index is 13.0. The highest BCUT2D eigenvalue weighted by Gasteiger charge is 2.36. The standard InChI is InChI=1S/C13H15ClF3N.ClH/c14-9-5-6-10(11(7-9)13(15,16)17)12(18)8-3-1-2-4-8;/h5-8,12H,1-4,18H2;1H/t12-;/m0./s1. The number of halogens is 5. The van der Waals surface area contributed by atoms with Gasteiger partial charge in [0, 0.05) is 11.1 Å². The first kappa shape index (κ1) is 16.6. The minimum atomic E-state index is -4.41. The van der Waals surface area contributed by atoms with Crippen LogP contribution in [-0.4, -0.2) is 0 Å². The first-order valence-electron chi connectivity index (χ1n) is 6.02. The molecule has 1 aromatic rings. The van der Waals surface area contributed by atoms with E-state index in [9.17, 15) is 13.2 Å². The van der Waals surface area contributed by atoms with Gasteiger partial charge in [0.1, 0.15) is 0 Å². The van der Waals surface area contributed by atoms with Crippen LogP contribution in [-0.2, 0) is 6.18 Å². The second-order valence-corrected chi connectivity index (χ2v) is 5.24. The van der Waals surface area contributed by atoms with Crippen molar-refractivity contribution in [2.45, 2.75) is 37.9 Å². The van der Waals surface area contributed by atoms with E-state index < -0.39 is 17.8 Å². The minimum Gasteiger partial charge on any atom is -0.324 e. The number of nitrogens with two attached hydrogens (primary N) is 1. The molecule has 0 radical (unpaired) electrons. The van der Waals surface area contributed by atoms with E-state index in [0.29, 0.717) is 0 Å². The van der Waals surface area contributed by atoms with E-state index in [0.717, 1.165) is 31.7 Å². The highest BCUT2D eigenvalue weighted by atomic mass is 35.5. The lowest BCUT2D eigenvalue weighted by Crippen LogP contribution is -2.23. The molecule has 0 aliphatic heterocycles. The molecule has 2 N–H and O–H groups in total. The summed E-state index contributed by atoms with van der Waals surface area (Å²) in [5, 5.41) is 0.0877. The SMILES string of the molecule is Cl.N[C@H](c1ccc(Cl)cc1C(F)(F)F)C1CCCC1. The van der Waals surface area contributed by atoms with Gasteiger partial charge in [-0.3, -0.25) is 0 Å². The third kappa shape index (κ3) is 3.77. The molecule has 19 heavy (non-hydrogen) atoms. The molecule has 1 saturated carbocycles. The zero-order valence-corrected chi connectivity index (χ0v) is 11.8. The van der Waals surface area contributed by atoms with Gasteiger partial charge in [-0.25, -0.2) is 0 Å². The summed E-state index contributed by atoms with van der Waals surface area (Å²) in [7, 11) is 0. The van der Waals surface area contributed by atoms with Gasteiger partial charge in [0.2, 0.25) is 0 Å². The van der Waals surface area contributed by atoms with Crippen molar-refractivity contribution in [2.75, 3.05) is 0 Å². The van der Waals surface area contributed by atoms with Crippen molar-refractivity contribution in [1.82, 2.24) is 0 Å². The molecule has 0 bridgehead atoms. The summed E-state index contributed by atoms with van der Waals surface area (Å²) in [6.45, 7) is 0. The third-order valence-corrected chi connectivity index (χ3v) is 3.82. The Morgan fingerprint density at radius 2 is 1.79 bits per heavy atom. The first-order chi connectivity index (χ1) is 8.39. The fourth-order valence-electron chi connectivity index (χ4n) is 2.64. The lowest BCUT2D eigenvalue weighted by atomic mass is 9.89. The molecule has 0 unspecified atom stereocenters. The van der Waals surface area contributed by atoms with Gasteiger partial charge < -0.3 is 5.73 Å². The molecular formula is C13H16Cl2F3N. The van der Waals surface area contributed by atoms with Gasteiger partial charge in [0.25, 0.3) is 0 Å². The predicted octanol–water partition coefficient (Wildman–Crippen LogP) is 4.97. The number of hydrogen-bond donors (Lipinski definition) is 1. The fraction of sp³-hybridized carbons (Fsp3) is 0.538. The Bertz CT molecular complexity index is 428. The third-order valence-electron chi connectivity index (χ3n) is 3.59. The smallest absolute Gasteiger partial charge is 0.324 e. The second kappa shape index (κ2) is 6.33. The summed E-state index contributed by atoms with van der Waals surface area (Å²) >= 11 is 5.65. The summed E-state index contributed by atoms with van der Waals surface area (Å²) in [5.41, 5.74) is 5.47. The lowest BCUT2D eigenvalue weighted by molar-refractivity contribution is -0.138. The van der Waals surface area contributed by atoms with Crippen LogP contribution in [0.4, 0.5) is 13.2 Å². The Kier molecular flexibility index (Phi) is 5.53. The fourth-order valence-corrected chi connectivity index (χ4v) is 2.81. The highest BCUT2D eigenvalue weighted by molar-refractivity contribution is 6.30. The van der Waals surface area contributed by atoms with E-state index in [2.05, 4.69) is 0 Å². The summed E-state index contributed by atoms with van der Waals surface area (Å²) in [6.07, 6.45) is -0.501. The second-order valence-electron chi connectivity index (χ2n) is 4.80. The molecule has 0 spiro atoms. The number of rotatable bonds is 2. The average molecular weight is 314 g/mol. The summed E-state index contributed by atoms with van der Waals surface area (Å²) in [6, 6.07) is 3.29. The van der Waals surface area contributed by atoms with Crippen molar-refractivity contribution in [3.63, 3.8) is 0 Å². The van der Waals surface area contributed by atoms with E-state index in [1.807, 2.05) is 0 Å². The maximum atomic E-state index is 13.0. The van der Waals surface area contributed by atoms with Gasteiger partial charge in [0.15, 0.2) is 0 Å². The minimum absolute atomic E-state index is 0. The lowest BCUT2D eigenvalue weighted by Gasteiger charge is -2.23. The van der Waals surface area contributed by atoms with E-state index in [-0.39, 0.29) is 28.9 Å². The molecule has 6 heteroatoms. The van der Waals surface area contributed by atoms with Crippen LogP contribution in [0.25, 0.3) is 0 Å².